The Bertz CT molecular complexity index is 227. The Morgan fingerprint density at radius 3 is 3.40 bits per heavy atom. The van der Waals surface area contributed by atoms with Gasteiger partial charge in [0.25, 0.3) is 0 Å². The van der Waals surface area contributed by atoms with E-state index in [0.29, 0.717) is 0 Å². The van der Waals surface area contributed by atoms with Gasteiger partial charge in [0.1, 0.15) is 0 Å². The molecule has 1 N–H and O–H groups in total. The molecule has 2 aliphatic rings. The molecule has 0 aromatic carbocycles. The topological polar surface area (TPSA) is 27.6 Å². The van der Waals surface area contributed by atoms with E-state index in [0.717, 1.165) is 5.71 Å². The largest absolute Gasteiger partial charge is 0.351 e. The van der Waals surface area contributed by atoms with Crippen LogP contribution < -0.4 is 5.32 Å². The van der Waals surface area contributed by atoms with Gasteiger partial charge in [0.2, 0.25) is 0 Å². The first-order valence-electron chi connectivity index (χ1n) is 3.29. The summed E-state index contributed by atoms with van der Waals surface area (Å²) in [6, 6.07) is 0. The van der Waals surface area contributed by atoms with Crippen LogP contribution in [0.4, 0.5) is 0 Å². The Kier molecular flexibility index (Phi) is 1.03. The zero-order valence-corrected chi connectivity index (χ0v) is 5.78. The molecule has 0 amide bonds. The third kappa shape index (κ3) is 0.708. The van der Waals surface area contributed by atoms with Gasteiger partial charge in [0.05, 0.1) is 0 Å². The third-order valence-electron chi connectivity index (χ3n) is 1.59. The highest BCUT2D eigenvalue weighted by Gasteiger charge is 2.16. The first-order valence-corrected chi connectivity index (χ1v) is 3.29. The van der Waals surface area contributed by atoms with E-state index in [2.05, 4.69) is 10.3 Å². The molecule has 0 spiro atoms. The predicted molar refractivity (Wildman–Crippen MR) is 40.2 cm³/mol. The second-order valence-corrected chi connectivity index (χ2v) is 2.39. The zero-order chi connectivity index (χ0) is 6.97. The molecule has 0 fully saturated rings. The number of nitrogens with zero attached hydrogens (tertiary/aromatic N) is 2. The standard InChI is InChI=1S/C7H9N3/c1-6-2-4-10-5-3-8-7(10)9-6/h2-5,7-8H,1H3. The van der Waals surface area contributed by atoms with Crippen molar-refractivity contribution in [1.82, 2.24) is 10.2 Å². The summed E-state index contributed by atoms with van der Waals surface area (Å²) in [6.45, 7) is 1.99. The van der Waals surface area contributed by atoms with Crippen LogP contribution in [-0.4, -0.2) is 16.9 Å². The molecular weight excluding hydrogens is 126 g/mol. The van der Waals surface area contributed by atoms with Crippen LogP contribution in [0.1, 0.15) is 6.92 Å². The second-order valence-electron chi connectivity index (χ2n) is 2.39. The van der Waals surface area contributed by atoms with Crippen molar-refractivity contribution in [3.63, 3.8) is 0 Å². The van der Waals surface area contributed by atoms with E-state index in [1.54, 1.807) is 0 Å². The smallest absolute Gasteiger partial charge is 0.199 e. The lowest BCUT2D eigenvalue weighted by Crippen LogP contribution is -2.32. The molecule has 1 atom stereocenters. The number of allylic oxidation sites excluding steroid dienone is 1. The minimum atomic E-state index is 0.116. The molecular formula is C7H9N3. The van der Waals surface area contributed by atoms with Gasteiger partial charge in [-0.2, -0.15) is 0 Å². The lowest BCUT2D eigenvalue weighted by atomic mass is 10.3. The van der Waals surface area contributed by atoms with Crippen LogP contribution in [0.3, 0.4) is 0 Å². The molecule has 0 aliphatic carbocycles. The number of fused-ring (bicyclic) bond motifs is 1. The fourth-order valence-corrected chi connectivity index (χ4v) is 1.05. The van der Waals surface area contributed by atoms with Crippen LogP contribution in [0.2, 0.25) is 0 Å². The molecule has 3 heteroatoms. The van der Waals surface area contributed by atoms with Crippen molar-refractivity contribution in [3.8, 4) is 0 Å². The summed E-state index contributed by atoms with van der Waals surface area (Å²) >= 11 is 0. The second kappa shape index (κ2) is 1.87. The van der Waals surface area contributed by atoms with Gasteiger partial charge in [-0.3, -0.25) is 0 Å². The summed E-state index contributed by atoms with van der Waals surface area (Å²) in [6.07, 6.45) is 8.00. The van der Waals surface area contributed by atoms with Gasteiger partial charge >= 0.3 is 0 Å². The van der Waals surface area contributed by atoms with Gasteiger partial charge in [0, 0.05) is 24.3 Å². The van der Waals surface area contributed by atoms with Crippen LogP contribution in [-0.2, 0) is 0 Å². The molecule has 0 radical (unpaired) electrons. The summed E-state index contributed by atoms with van der Waals surface area (Å²) in [5.74, 6) is 0. The van der Waals surface area contributed by atoms with Crippen molar-refractivity contribution in [3.05, 3.63) is 24.7 Å². The number of nitrogens with one attached hydrogen (secondary N) is 1. The fourth-order valence-electron chi connectivity index (χ4n) is 1.05. The van der Waals surface area contributed by atoms with Crippen molar-refractivity contribution in [2.24, 2.45) is 4.99 Å². The van der Waals surface area contributed by atoms with Crippen LogP contribution in [0, 0.1) is 0 Å². The Balaban J connectivity index is 2.25. The maximum Gasteiger partial charge on any atom is 0.199 e. The van der Waals surface area contributed by atoms with E-state index in [9.17, 15) is 0 Å². The van der Waals surface area contributed by atoms with Crippen molar-refractivity contribution in [1.29, 1.82) is 0 Å². The summed E-state index contributed by atoms with van der Waals surface area (Å²) in [7, 11) is 0. The Morgan fingerprint density at radius 1 is 1.60 bits per heavy atom. The molecule has 3 nitrogen and oxygen atoms in total. The van der Waals surface area contributed by atoms with Crippen molar-refractivity contribution < 1.29 is 0 Å². The number of hydrogen-bond donors (Lipinski definition) is 1. The Hall–Kier alpha value is -1.25. The van der Waals surface area contributed by atoms with E-state index >= 15 is 0 Å². The molecule has 0 saturated carbocycles. The molecule has 0 bridgehead atoms. The molecule has 0 aromatic rings. The monoisotopic (exact) mass is 135 g/mol. The Labute approximate surface area is 59.7 Å². The van der Waals surface area contributed by atoms with Crippen molar-refractivity contribution in [2.75, 3.05) is 0 Å². The molecule has 2 heterocycles. The average molecular weight is 135 g/mol. The summed E-state index contributed by atoms with van der Waals surface area (Å²) in [5, 5.41) is 3.10. The number of hydrogen-bond acceptors (Lipinski definition) is 3. The predicted octanol–water partition coefficient (Wildman–Crippen LogP) is 0.635. The number of aliphatic imine (C=N–C) groups is 1. The van der Waals surface area contributed by atoms with Crippen LogP contribution >= 0.6 is 0 Å². The molecule has 1 unspecified atom stereocenters. The van der Waals surface area contributed by atoms with Crippen LogP contribution in [0.15, 0.2) is 29.7 Å². The highest BCUT2D eigenvalue weighted by molar-refractivity contribution is 5.93. The highest BCUT2D eigenvalue weighted by Crippen LogP contribution is 2.10. The zero-order valence-electron chi connectivity index (χ0n) is 5.78. The van der Waals surface area contributed by atoms with Crippen LogP contribution in [0.25, 0.3) is 0 Å². The van der Waals surface area contributed by atoms with Gasteiger partial charge < -0.3 is 10.2 Å². The van der Waals surface area contributed by atoms with E-state index in [-0.39, 0.29) is 6.29 Å². The van der Waals surface area contributed by atoms with E-state index in [1.807, 2.05) is 36.5 Å². The lowest BCUT2D eigenvalue weighted by molar-refractivity contribution is 0.374. The van der Waals surface area contributed by atoms with Crippen molar-refractivity contribution >= 4 is 5.71 Å². The molecule has 2 aliphatic heterocycles. The Morgan fingerprint density at radius 2 is 2.50 bits per heavy atom. The van der Waals surface area contributed by atoms with Gasteiger partial charge in [-0.1, -0.05) is 0 Å². The molecule has 52 valence electrons. The summed E-state index contributed by atoms with van der Waals surface area (Å²) < 4.78 is 0. The summed E-state index contributed by atoms with van der Waals surface area (Å²) in [4.78, 5) is 6.35. The lowest BCUT2D eigenvalue weighted by Gasteiger charge is -2.21. The maximum absolute atomic E-state index is 4.33. The highest BCUT2D eigenvalue weighted by atomic mass is 15.4. The van der Waals surface area contributed by atoms with Crippen LogP contribution in [0.5, 0.6) is 0 Å². The minimum Gasteiger partial charge on any atom is -0.351 e. The first kappa shape index (κ1) is 5.53. The fraction of sp³-hybridized carbons (Fsp3) is 0.286. The third-order valence-corrected chi connectivity index (χ3v) is 1.59. The van der Waals surface area contributed by atoms with Gasteiger partial charge in [-0.05, 0) is 13.0 Å². The van der Waals surface area contributed by atoms with Crippen molar-refractivity contribution in [2.45, 2.75) is 13.2 Å². The first-order chi connectivity index (χ1) is 4.86. The SMILES string of the molecule is CC1=NC2NC=CN2C=C1. The molecule has 2 rings (SSSR count). The number of rotatable bonds is 0. The minimum absolute atomic E-state index is 0.116. The van der Waals surface area contributed by atoms with Gasteiger partial charge in [-0.15, -0.1) is 0 Å². The molecule has 0 saturated heterocycles. The summed E-state index contributed by atoms with van der Waals surface area (Å²) in [5.41, 5.74) is 1.07. The van der Waals surface area contributed by atoms with Gasteiger partial charge in [0.15, 0.2) is 6.29 Å². The van der Waals surface area contributed by atoms with E-state index in [4.69, 9.17) is 0 Å². The van der Waals surface area contributed by atoms with E-state index in [1.165, 1.54) is 0 Å². The molecule has 0 aromatic heterocycles. The normalized spacial score (nSPS) is 27.9. The molecule has 10 heavy (non-hydrogen) atoms. The quantitative estimate of drug-likeness (QED) is 0.527. The van der Waals surface area contributed by atoms with E-state index < -0.39 is 0 Å². The van der Waals surface area contributed by atoms with Gasteiger partial charge in [-0.25, -0.2) is 4.99 Å². The maximum atomic E-state index is 4.33. The average Bonchev–Trinajstić information content (AvgIpc) is 2.33.